The Balaban J connectivity index is 1.80. The van der Waals surface area contributed by atoms with Gasteiger partial charge in [0.2, 0.25) is 0 Å². The molecule has 48 heavy (non-hydrogen) atoms. The van der Waals surface area contributed by atoms with Crippen LogP contribution in [0.3, 0.4) is 0 Å². The molecule has 264 valence electrons. The lowest BCUT2D eigenvalue weighted by Crippen LogP contribution is -2.47. The highest BCUT2D eigenvalue weighted by Gasteiger charge is 2.34. The number of urea groups is 1. The number of hydrogen-bond donors (Lipinski definition) is 2. The summed E-state index contributed by atoms with van der Waals surface area (Å²) in [5.41, 5.74) is 0.628. The number of anilines is 1. The average molecular weight is 717 g/mol. The molecule has 0 saturated carbocycles. The van der Waals surface area contributed by atoms with Crippen molar-refractivity contribution in [3.63, 3.8) is 0 Å². The molecule has 0 aliphatic rings. The number of benzene rings is 2. The third-order valence-corrected chi connectivity index (χ3v) is 9.73. The van der Waals surface area contributed by atoms with Crippen LogP contribution in [0.4, 0.5) is 24.2 Å². The van der Waals surface area contributed by atoms with Crippen molar-refractivity contribution >= 4 is 33.8 Å². The van der Waals surface area contributed by atoms with Gasteiger partial charge in [-0.2, -0.15) is 0 Å². The number of likely N-dealkylation sites (N-methyl/N-ethyl adjacent to an activating group) is 1. The molecule has 3 amide bonds. The molecule has 1 heterocycles. The first-order valence-corrected chi connectivity index (χ1v) is 18.1. The van der Waals surface area contributed by atoms with Crippen LogP contribution in [0.5, 0.6) is 0 Å². The summed E-state index contributed by atoms with van der Waals surface area (Å²) in [5, 5.41) is 8.76. The lowest BCUT2D eigenvalue weighted by Gasteiger charge is -2.32. The molecular weight excluding hydrogens is 676 g/mol. The lowest BCUT2D eigenvalue weighted by atomic mass is 10.1. The molecule has 1 unspecified atom stereocenters. The number of rotatable bonds is 19. The van der Waals surface area contributed by atoms with E-state index < -0.39 is 58.4 Å². The maximum Gasteiger partial charge on any atom is 0.475 e. The summed E-state index contributed by atoms with van der Waals surface area (Å²) in [6.45, 7) is 4.10. The number of phosphoric acid groups is 1. The van der Waals surface area contributed by atoms with E-state index in [1.54, 1.807) is 32.9 Å². The van der Waals surface area contributed by atoms with Crippen LogP contribution >= 0.6 is 15.9 Å². The molecule has 18 heteroatoms. The van der Waals surface area contributed by atoms with Crippen molar-refractivity contribution in [1.82, 2.24) is 15.4 Å². The van der Waals surface area contributed by atoms with Crippen molar-refractivity contribution in [2.45, 2.75) is 45.9 Å². The first kappa shape index (κ1) is 38.8. The summed E-state index contributed by atoms with van der Waals surface area (Å²) in [6, 6.07) is 12.3. The fourth-order valence-corrected chi connectivity index (χ4v) is 6.90. The Morgan fingerprint density at radius 3 is 2.42 bits per heavy atom. The quantitative estimate of drug-likeness (QED) is 0.125. The van der Waals surface area contributed by atoms with Crippen LogP contribution in [0.2, 0.25) is 0 Å². The second kappa shape index (κ2) is 19.4. The topological polar surface area (TPSA) is 168 Å². The predicted octanol–water partition coefficient (Wildman–Crippen LogP) is 6.85. The zero-order chi connectivity index (χ0) is 35.1. The highest BCUT2D eigenvalue weighted by atomic mass is 31.2. The second-order valence-corrected chi connectivity index (χ2v) is 13.1. The fraction of sp³-hybridized carbons (Fsp3) is 0.433. The third-order valence-electron chi connectivity index (χ3n) is 6.62. The van der Waals surface area contributed by atoms with Crippen LogP contribution in [0.25, 0.3) is 11.3 Å². The van der Waals surface area contributed by atoms with E-state index in [2.05, 4.69) is 15.8 Å². The molecule has 2 N–H and O–H groups in total. The van der Waals surface area contributed by atoms with E-state index in [1.165, 1.54) is 25.2 Å². The molecular formula is C30H40F2N4O10P2. The smallest absolute Gasteiger partial charge is 0.447 e. The molecule has 0 aliphatic heterocycles. The standard InChI is InChI=1S/C30H40F2N4O10P2/c1-5-42-47(39)20-24(46-48(40,43-6-2)44-7-3)16-23(36(4)29(37)33-18-22-14-11-15-25(31)28(22)32)19-41-30(38)34-27-17-26(45-35-27)21-12-9-8-10-13-21/h8-15,17,23-24,47H,5-7,16,18-20H2,1-4H3,(H,33,37)(H,34,35,38)/t23-,24+/m0/s1. The summed E-state index contributed by atoms with van der Waals surface area (Å²) >= 11 is 0. The summed E-state index contributed by atoms with van der Waals surface area (Å²) in [6.07, 6.45) is -2.51. The minimum Gasteiger partial charge on any atom is -0.447 e. The van der Waals surface area contributed by atoms with E-state index >= 15 is 0 Å². The van der Waals surface area contributed by atoms with E-state index in [4.69, 9.17) is 27.4 Å². The zero-order valence-electron chi connectivity index (χ0n) is 27.0. The number of amides is 3. The van der Waals surface area contributed by atoms with Crippen molar-refractivity contribution in [2.24, 2.45) is 0 Å². The molecule has 2 aromatic carbocycles. The number of carbonyl (C=O) groups is 2. The van der Waals surface area contributed by atoms with E-state index in [0.29, 0.717) is 5.76 Å². The first-order valence-electron chi connectivity index (χ1n) is 15.1. The van der Waals surface area contributed by atoms with Crippen molar-refractivity contribution < 1.29 is 54.9 Å². The van der Waals surface area contributed by atoms with Gasteiger partial charge >= 0.3 is 19.9 Å². The van der Waals surface area contributed by atoms with Gasteiger partial charge in [0, 0.05) is 36.9 Å². The molecule has 3 rings (SSSR count). The van der Waals surface area contributed by atoms with E-state index in [-0.39, 0.29) is 50.3 Å². The summed E-state index contributed by atoms with van der Waals surface area (Å²) in [7, 11) is -5.50. The molecule has 0 radical (unpaired) electrons. The number of ether oxygens (including phenoxy) is 1. The van der Waals surface area contributed by atoms with Gasteiger partial charge in [0.25, 0.3) is 0 Å². The lowest BCUT2D eigenvalue weighted by molar-refractivity contribution is 0.0605. The zero-order valence-corrected chi connectivity index (χ0v) is 28.9. The highest BCUT2D eigenvalue weighted by molar-refractivity contribution is 7.48. The molecule has 0 aliphatic carbocycles. The van der Waals surface area contributed by atoms with Gasteiger partial charge in [-0.1, -0.05) is 47.6 Å². The fourth-order valence-electron chi connectivity index (χ4n) is 4.34. The van der Waals surface area contributed by atoms with Crippen molar-refractivity contribution in [3.05, 3.63) is 71.8 Å². The summed E-state index contributed by atoms with van der Waals surface area (Å²) in [4.78, 5) is 27.1. The van der Waals surface area contributed by atoms with E-state index in [1.807, 2.05) is 18.2 Å². The molecule has 3 atom stereocenters. The van der Waals surface area contributed by atoms with E-state index in [9.17, 15) is 27.5 Å². The number of hydrogen-bond acceptors (Lipinski definition) is 11. The Hall–Kier alpha value is -3.65. The van der Waals surface area contributed by atoms with Crippen LogP contribution < -0.4 is 10.6 Å². The van der Waals surface area contributed by atoms with Gasteiger partial charge in [0.05, 0.1) is 32.0 Å². The number of aromatic nitrogens is 1. The normalized spacial score (nSPS) is 13.4. The monoisotopic (exact) mass is 716 g/mol. The van der Waals surface area contributed by atoms with Crippen molar-refractivity contribution in [3.8, 4) is 11.3 Å². The van der Waals surface area contributed by atoms with Crippen LogP contribution in [-0.4, -0.2) is 74.0 Å². The SMILES string of the molecule is CCO[PH](=O)C[C@@H](C[C@@H](COC(=O)Nc1cc(-c2ccccc2)on1)N(C)C(=O)NCc1cccc(F)c1F)OP(=O)(OCC)OCC. The Kier molecular flexibility index (Phi) is 15.7. The Labute approximate surface area is 277 Å². The highest BCUT2D eigenvalue weighted by Crippen LogP contribution is 2.51. The molecule has 0 bridgehead atoms. The predicted molar refractivity (Wildman–Crippen MR) is 173 cm³/mol. The van der Waals surface area contributed by atoms with Gasteiger partial charge in [-0.25, -0.2) is 22.9 Å². The molecule has 0 spiro atoms. The molecule has 1 aromatic heterocycles. The summed E-state index contributed by atoms with van der Waals surface area (Å²) < 4.78 is 86.0. The Morgan fingerprint density at radius 2 is 1.75 bits per heavy atom. The molecule has 0 fully saturated rings. The molecule has 14 nitrogen and oxygen atoms in total. The van der Waals surface area contributed by atoms with Gasteiger partial charge in [-0.15, -0.1) is 0 Å². The third kappa shape index (κ3) is 12.1. The average Bonchev–Trinajstić information content (AvgIpc) is 3.52. The van der Waals surface area contributed by atoms with Crippen molar-refractivity contribution in [1.29, 1.82) is 0 Å². The van der Waals surface area contributed by atoms with Crippen LogP contribution in [-0.2, 0) is 38.5 Å². The summed E-state index contributed by atoms with van der Waals surface area (Å²) in [5.74, 6) is -1.73. The largest absolute Gasteiger partial charge is 0.475 e. The Morgan fingerprint density at radius 1 is 1.04 bits per heavy atom. The number of carbonyl (C=O) groups excluding carboxylic acids is 2. The minimum atomic E-state index is -4.14. The number of halogens is 2. The number of phosphoric ester groups is 1. The molecule has 3 aromatic rings. The number of nitrogens with one attached hydrogen (secondary N) is 2. The molecule has 0 saturated heterocycles. The first-order chi connectivity index (χ1) is 23.0. The van der Waals surface area contributed by atoms with Crippen molar-refractivity contribution in [2.75, 3.05) is 45.0 Å². The van der Waals surface area contributed by atoms with Crippen LogP contribution in [0, 0.1) is 11.6 Å². The minimum absolute atomic E-state index is 0.0235. The Bertz CT molecular complexity index is 1540. The van der Waals surface area contributed by atoms with E-state index in [0.717, 1.165) is 16.5 Å². The maximum atomic E-state index is 14.2. The van der Waals surface area contributed by atoms with Crippen LogP contribution in [0.15, 0.2) is 59.1 Å². The van der Waals surface area contributed by atoms with Gasteiger partial charge < -0.3 is 24.0 Å². The van der Waals surface area contributed by atoms with Gasteiger partial charge in [-0.3, -0.25) is 23.5 Å². The van der Waals surface area contributed by atoms with Gasteiger partial charge in [0.15, 0.2) is 31.2 Å². The van der Waals surface area contributed by atoms with Gasteiger partial charge in [-0.05, 0) is 33.3 Å². The number of nitrogens with zero attached hydrogens (tertiary/aromatic N) is 2. The van der Waals surface area contributed by atoms with Gasteiger partial charge in [0.1, 0.15) is 6.61 Å². The second-order valence-electron chi connectivity index (χ2n) is 10.1. The van der Waals surface area contributed by atoms with Crippen LogP contribution in [0.1, 0.15) is 32.8 Å². The maximum absolute atomic E-state index is 14.2.